The van der Waals surface area contributed by atoms with E-state index in [9.17, 15) is 4.79 Å². The molecule has 1 amide bonds. The second kappa shape index (κ2) is 9.85. The summed E-state index contributed by atoms with van der Waals surface area (Å²) in [7, 11) is 1.60. The first-order valence-electron chi connectivity index (χ1n) is 11.0. The molecule has 168 valence electrons. The van der Waals surface area contributed by atoms with E-state index >= 15 is 0 Å². The van der Waals surface area contributed by atoms with Gasteiger partial charge < -0.3 is 18.9 Å². The Kier molecular flexibility index (Phi) is 6.73. The first-order valence-corrected chi connectivity index (χ1v) is 11.0. The minimum absolute atomic E-state index is 0.0436. The Labute approximate surface area is 188 Å². The highest BCUT2D eigenvalue weighted by atomic mass is 16.5. The minimum Gasteiger partial charge on any atom is -0.493 e. The topological polar surface area (TPSA) is 77.7 Å². The van der Waals surface area contributed by atoms with Gasteiger partial charge in [0.15, 0.2) is 11.5 Å². The lowest BCUT2D eigenvalue weighted by atomic mass is 10.1. The van der Waals surface area contributed by atoms with Gasteiger partial charge in [0.05, 0.1) is 19.1 Å². The highest BCUT2D eigenvalue weighted by molar-refractivity contribution is 5.79. The molecule has 1 aliphatic rings. The van der Waals surface area contributed by atoms with E-state index in [1.54, 1.807) is 7.11 Å². The molecule has 7 nitrogen and oxygen atoms in total. The van der Waals surface area contributed by atoms with Gasteiger partial charge in [-0.05, 0) is 50.5 Å². The molecule has 1 aliphatic heterocycles. The molecule has 1 aromatic heterocycles. The molecule has 1 atom stereocenters. The van der Waals surface area contributed by atoms with Crippen molar-refractivity contribution < 1.29 is 18.8 Å². The summed E-state index contributed by atoms with van der Waals surface area (Å²) in [6.07, 6.45) is 2.33. The fourth-order valence-corrected chi connectivity index (χ4v) is 3.95. The van der Waals surface area contributed by atoms with Crippen molar-refractivity contribution in [1.82, 2.24) is 15.0 Å². The third-order valence-electron chi connectivity index (χ3n) is 5.53. The van der Waals surface area contributed by atoms with Gasteiger partial charge in [0.2, 0.25) is 17.6 Å². The first kappa shape index (κ1) is 21.9. The number of nitrogens with zero attached hydrogens (tertiary/aromatic N) is 3. The van der Waals surface area contributed by atoms with E-state index in [1.165, 1.54) is 5.56 Å². The monoisotopic (exact) mass is 435 g/mol. The van der Waals surface area contributed by atoms with Crippen LogP contribution in [0, 0.1) is 0 Å². The molecule has 1 unspecified atom stereocenters. The summed E-state index contributed by atoms with van der Waals surface area (Å²) in [5, 5.41) is 4.14. The smallest absolute Gasteiger partial charge is 0.232 e. The number of likely N-dealkylation sites (tertiary alicyclic amines) is 1. The third-order valence-corrected chi connectivity index (χ3v) is 5.53. The van der Waals surface area contributed by atoms with E-state index < -0.39 is 0 Å². The zero-order chi connectivity index (χ0) is 22.5. The van der Waals surface area contributed by atoms with Gasteiger partial charge in [-0.2, -0.15) is 4.98 Å². The van der Waals surface area contributed by atoms with E-state index in [0.29, 0.717) is 36.2 Å². The maximum Gasteiger partial charge on any atom is 0.232 e. The summed E-state index contributed by atoms with van der Waals surface area (Å²) in [5.74, 6) is 2.32. The predicted molar refractivity (Wildman–Crippen MR) is 121 cm³/mol. The van der Waals surface area contributed by atoms with E-state index in [2.05, 4.69) is 22.3 Å². The molecule has 1 fully saturated rings. The van der Waals surface area contributed by atoms with Crippen molar-refractivity contribution in [3.8, 4) is 22.9 Å². The van der Waals surface area contributed by atoms with Crippen LogP contribution < -0.4 is 9.47 Å². The molecule has 0 bridgehead atoms. The molecular formula is C25H29N3O4. The largest absolute Gasteiger partial charge is 0.493 e. The zero-order valence-corrected chi connectivity index (χ0v) is 18.8. The van der Waals surface area contributed by atoms with E-state index in [1.807, 2.05) is 55.1 Å². The predicted octanol–water partition coefficient (Wildman–Crippen LogP) is 4.48. The fraction of sp³-hybridized carbons (Fsp3) is 0.400. The summed E-state index contributed by atoms with van der Waals surface area (Å²) >= 11 is 0. The second-order valence-corrected chi connectivity index (χ2v) is 8.32. The summed E-state index contributed by atoms with van der Waals surface area (Å²) in [5.41, 5.74) is 2.06. The van der Waals surface area contributed by atoms with Crippen LogP contribution in [0.2, 0.25) is 0 Å². The van der Waals surface area contributed by atoms with Crippen molar-refractivity contribution in [1.29, 1.82) is 0 Å². The number of carbonyl (C=O) groups excluding carboxylic acids is 1. The molecule has 0 N–H and O–H groups in total. The molecule has 3 aromatic rings. The molecule has 0 saturated carbocycles. The Bertz CT molecular complexity index is 1050. The Morgan fingerprint density at radius 2 is 1.97 bits per heavy atom. The first-order chi connectivity index (χ1) is 15.5. The third kappa shape index (κ3) is 5.10. The lowest BCUT2D eigenvalue weighted by molar-refractivity contribution is -0.127. The second-order valence-electron chi connectivity index (χ2n) is 8.32. The number of hydrogen-bond donors (Lipinski definition) is 0. The summed E-state index contributed by atoms with van der Waals surface area (Å²) in [6.45, 7) is 5.28. The number of ether oxygens (including phenoxy) is 2. The van der Waals surface area contributed by atoms with Crippen molar-refractivity contribution >= 4 is 5.91 Å². The van der Waals surface area contributed by atoms with Crippen LogP contribution >= 0.6 is 0 Å². The van der Waals surface area contributed by atoms with E-state index in [4.69, 9.17) is 14.0 Å². The number of hydrogen-bond acceptors (Lipinski definition) is 6. The summed E-state index contributed by atoms with van der Waals surface area (Å²) < 4.78 is 16.7. The number of carbonyl (C=O) groups is 1. The molecule has 0 radical (unpaired) electrons. The molecule has 0 spiro atoms. The summed E-state index contributed by atoms with van der Waals surface area (Å²) in [6, 6.07) is 15.9. The molecule has 4 rings (SSSR count). The number of aromatic nitrogens is 2. The van der Waals surface area contributed by atoms with Gasteiger partial charge in [0.1, 0.15) is 0 Å². The molecule has 2 heterocycles. The van der Waals surface area contributed by atoms with Gasteiger partial charge in [-0.15, -0.1) is 0 Å². The lowest BCUT2D eigenvalue weighted by Crippen LogP contribution is -2.26. The minimum atomic E-state index is -0.0779. The Hall–Kier alpha value is -3.35. The highest BCUT2D eigenvalue weighted by Gasteiger charge is 2.34. The maximum absolute atomic E-state index is 12.5. The van der Waals surface area contributed by atoms with Crippen molar-refractivity contribution in [2.24, 2.45) is 0 Å². The van der Waals surface area contributed by atoms with Crippen LogP contribution in [-0.4, -0.2) is 47.3 Å². The Morgan fingerprint density at radius 1 is 1.16 bits per heavy atom. The van der Waals surface area contributed by atoms with E-state index in [0.717, 1.165) is 24.9 Å². The quantitative estimate of drug-likeness (QED) is 0.493. The van der Waals surface area contributed by atoms with Gasteiger partial charge in [0.25, 0.3) is 0 Å². The standard InChI is InChI=1S/C25H29N3O4/c1-17(2)31-21-12-11-19(14-22(21)30-3)24-26-25(32-27-24)20-15-23(29)28(16-20)13-7-10-18-8-5-4-6-9-18/h4-6,8-9,11-12,14,17,20H,7,10,13,15-16H2,1-3H3. The van der Waals surface area contributed by atoms with Crippen molar-refractivity contribution in [3.05, 3.63) is 60.0 Å². The highest BCUT2D eigenvalue weighted by Crippen LogP contribution is 2.34. The van der Waals surface area contributed by atoms with Gasteiger partial charge in [0, 0.05) is 25.1 Å². The molecular weight excluding hydrogens is 406 g/mol. The van der Waals surface area contributed by atoms with Gasteiger partial charge in [-0.1, -0.05) is 35.5 Å². The lowest BCUT2D eigenvalue weighted by Gasteiger charge is -2.15. The Morgan fingerprint density at radius 3 is 2.72 bits per heavy atom. The zero-order valence-electron chi connectivity index (χ0n) is 18.8. The number of benzene rings is 2. The summed E-state index contributed by atoms with van der Waals surface area (Å²) in [4.78, 5) is 19.0. The average molecular weight is 436 g/mol. The fourth-order valence-electron chi connectivity index (χ4n) is 3.95. The van der Waals surface area contributed by atoms with Crippen LogP contribution in [0.3, 0.4) is 0 Å². The van der Waals surface area contributed by atoms with Gasteiger partial charge >= 0.3 is 0 Å². The number of methoxy groups -OCH3 is 1. The number of amides is 1. The van der Waals surface area contributed by atoms with Crippen LogP contribution in [0.4, 0.5) is 0 Å². The van der Waals surface area contributed by atoms with Crippen LogP contribution in [-0.2, 0) is 11.2 Å². The molecule has 7 heteroatoms. The van der Waals surface area contributed by atoms with E-state index in [-0.39, 0.29) is 17.9 Å². The SMILES string of the molecule is COc1cc(-c2noc(C3CC(=O)N(CCCc4ccccc4)C3)n2)ccc1OC(C)C. The number of rotatable bonds is 9. The molecule has 32 heavy (non-hydrogen) atoms. The maximum atomic E-state index is 12.5. The van der Waals surface area contributed by atoms with Crippen molar-refractivity contribution in [3.63, 3.8) is 0 Å². The van der Waals surface area contributed by atoms with Crippen LogP contribution in [0.5, 0.6) is 11.5 Å². The molecule has 0 aliphatic carbocycles. The van der Waals surface area contributed by atoms with Crippen LogP contribution in [0.25, 0.3) is 11.4 Å². The number of aryl methyl sites for hydroxylation is 1. The van der Waals surface area contributed by atoms with Crippen molar-refractivity contribution in [2.75, 3.05) is 20.2 Å². The Balaban J connectivity index is 1.39. The van der Waals surface area contributed by atoms with Gasteiger partial charge in [-0.25, -0.2) is 0 Å². The average Bonchev–Trinajstić information content (AvgIpc) is 3.42. The van der Waals surface area contributed by atoms with Gasteiger partial charge in [-0.3, -0.25) is 4.79 Å². The van der Waals surface area contributed by atoms with Crippen molar-refractivity contribution in [2.45, 2.75) is 45.1 Å². The molecule has 1 saturated heterocycles. The molecule has 2 aromatic carbocycles. The van der Waals surface area contributed by atoms with Crippen LogP contribution in [0.1, 0.15) is 44.1 Å². The normalized spacial score (nSPS) is 16.1. The van der Waals surface area contributed by atoms with Crippen LogP contribution in [0.15, 0.2) is 53.1 Å².